The second-order valence-electron chi connectivity index (χ2n) is 3.52. The van der Waals surface area contributed by atoms with E-state index in [0.717, 1.165) is 22.4 Å². The van der Waals surface area contributed by atoms with Gasteiger partial charge in [-0.25, -0.2) is 0 Å². The minimum atomic E-state index is 0.337. The summed E-state index contributed by atoms with van der Waals surface area (Å²) in [4.78, 5) is 0. The third kappa shape index (κ3) is 1.86. The number of aromatic nitrogens is 1. The van der Waals surface area contributed by atoms with Crippen molar-refractivity contribution in [3.05, 3.63) is 30.0 Å². The maximum absolute atomic E-state index is 5.66. The molecule has 0 fully saturated rings. The summed E-state index contributed by atoms with van der Waals surface area (Å²) in [5.41, 5.74) is 8.53. The fraction of sp³-hybridized carbons (Fsp3) is 0.250. The van der Waals surface area contributed by atoms with Crippen molar-refractivity contribution in [1.82, 2.24) is 5.16 Å². The quantitative estimate of drug-likeness (QED) is 0.860. The third-order valence-electron chi connectivity index (χ3n) is 2.38. The van der Waals surface area contributed by atoms with E-state index in [2.05, 4.69) is 5.16 Å². The number of anilines is 1. The van der Waals surface area contributed by atoms with Crippen LogP contribution in [0.2, 0.25) is 0 Å². The topological polar surface area (TPSA) is 61.3 Å². The molecule has 0 aliphatic rings. The molecule has 0 amide bonds. The first-order chi connectivity index (χ1) is 7.72. The molecule has 84 valence electrons. The smallest absolute Gasteiger partial charge is 0.229 e. The molecule has 0 saturated heterocycles. The minimum absolute atomic E-state index is 0.337. The molecule has 0 spiro atoms. The van der Waals surface area contributed by atoms with E-state index in [1.165, 1.54) is 0 Å². The van der Waals surface area contributed by atoms with Crippen LogP contribution >= 0.6 is 0 Å². The molecule has 0 aliphatic carbocycles. The van der Waals surface area contributed by atoms with Gasteiger partial charge in [0.1, 0.15) is 5.75 Å². The number of aryl methyl sites for hydroxylation is 1. The number of nitrogens with zero attached hydrogens (tertiary/aromatic N) is 1. The molecule has 0 radical (unpaired) electrons. The number of hydrogen-bond donors (Lipinski definition) is 1. The lowest BCUT2D eigenvalue weighted by molar-refractivity contribution is 0.338. The van der Waals surface area contributed by atoms with E-state index in [4.69, 9.17) is 15.0 Å². The fourth-order valence-corrected chi connectivity index (χ4v) is 1.60. The van der Waals surface area contributed by atoms with E-state index in [1.54, 1.807) is 6.20 Å². The lowest BCUT2D eigenvalue weighted by Gasteiger charge is -2.08. The van der Waals surface area contributed by atoms with Crippen molar-refractivity contribution in [2.75, 3.05) is 12.3 Å². The van der Waals surface area contributed by atoms with Crippen LogP contribution < -0.4 is 10.5 Å². The molecular weight excluding hydrogens is 204 g/mol. The highest BCUT2D eigenvalue weighted by atomic mass is 16.5. The molecule has 0 atom stereocenters. The van der Waals surface area contributed by atoms with Gasteiger partial charge in [0.05, 0.1) is 18.4 Å². The van der Waals surface area contributed by atoms with Gasteiger partial charge in [-0.2, -0.15) is 0 Å². The first-order valence-corrected chi connectivity index (χ1v) is 5.16. The van der Waals surface area contributed by atoms with Gasteiger partial charge in [0.15, 0.2) is 0 Å². The monoisotopic (exact) mass is 218 g/mol. The van der Waals surface area contributed by atoms with Crippen LogP contribution in [-0.4, -0.2) is 11.8 Å². The van der Waals surface area contributed by atoms with Gasteiger partial charge in [-0.1, -0.05) is 11.2 Å². The Morgan fingerprint density at radius 2 is 2.25 bits per heavy atom. The molecule has 1 aromatic heterocycles. The van der Waals surface area contributed by atoms with Gasteiger partial charge in [0.25, 0.3) is 0 Å². The van der Waals surface area contributed by atoms with Crippen LogP contribution in [0.15, 0.2) is 28.9 Å². The van der Waals surface area contributed by atoms with Crippen molar-refractivity contribution in [1.29, 1.82) is 0 Å². The van der Waals surface area contributed by atoms with E-state index in [-0.39, 0.29) is 0 Å². The second kappa shape index (κ2) is 4.26. The Morgan fingerprint density at radius 1 is 1.44 bits per heavy atom. The highest BCUT2D eigenvalue weighted by Crippen LogP contribution is 2.29. The Bertz CT molecular complexity index is 492. The van der Waals surface area contributed by atoms with E-state index >= 15 is 0 Å². The van der Waals surface area contributed by atoms with Crippen LogP contribution in [0.25, 0.3) is 11.1 Å². The molecule has 0 bridgehead atoms. The summed E-state index contributed by atoms with van der Waals surface area (Å²) in [7, 11) is 0. The van der Waals surface area contributed by atoms with Crippen molar-refractivity contribution in [3.8, 4) is 16.9 Å². The first-order valence-electron chi connectivity index (χ1n) is 5.16. The van der Waals surface area contributed by atoms with Crippen molar-refractivity contribution in [2.45, 2.75) is 13.8 Å². The Kier molecular flexibility index (Phi) is 2.81. The summed E-state index contributed by atoms with van der Waals surface area (Å²) in [5.74, 6) is 1.23. The molecule has 0 aliphatic heterocycles. The number of ether oxygens (including phenoxy) is 1. The molecule has 4 heteroatoms. The van der Waals surface area contributed by atoms with Crippen LogP contribution in [0.4, 0.5) is 5.88 Å². The van der Waals surface area contributed by atoms with Gasteiger partial charge < -0.3 is 15.0 Å². The van der Waals surface area contributed by atoms with Crippen LogP contribution in [0.1, 0.15) is 12.5 Å². The molecule has 16 heavy (non-hydrogen) atoms. The van der Waals surface area contributed by atoms with Gasteiger partial charge in [0, 0.05) is 0 Å². The summed E-state index contributed by atoms with van der Waals surface area (Å²) < 4.78 is 10.3. The Hall–Kier alpha value is -1.97. The van der Waals surface area contributed by atoms with Gasteiger partial charge in [-0.05, 0) is 37.1 Å². The summed E-state index contributed by atoms with van der Waals surface area (Å²) >= 11 is 0. The third-order valence-corrected chi connectivity index (χ3v) is 2.38. The summed E-state index contributed by atoms with van der Waals surface area (Å²) in [6, 6.07) is 5.88. The zero-order valence-corrected chi connectivity index (χ0v) is 9.36. The molecule has 4 nitrogen and oxygen atoms in total. The number of nitrogens with two attached hydrogens (primary N) is 1. The lowest BCUT2D eigenvalue weighted by atomic mass is 10.1. The van der Waals surface area contributed by atoms with Gasteiger partial charge >= 0.3 is 0 Å². The van der Waals surface area contributed by atoms with Gasteiger partial charge in [-0.3, -0.25) is 0 Å². The Labute approximate surface area is 94.0 Å². The average molecular weight is 218 g/mol. The van der Waals surface area contributed by atoms with Crippen LogP contribution in [0.5, 0.6) is 5.75 Å². The van der Waals surface area contributed by atoms with Gasteiger partial charge in [-0.15, -0.1) is 0 Å². The summed E-state index contributed by atoms with van der Waals surface area (Å²) in [6.07, 6.45) is 1.62. The lowest BCUT2D eigenvalue weighted by Crippen LogP contribution is -1.94. The first kappa shape index (κ1) is 10.5. The molecule has 0 unspecified atom stereocenters. The van der Waals surface area contributed by atoms with Crippen LogP contribution in [-0.2, 0) is 0 Å². The van der Waals surface area contributed by atoms with Crippen LogP contribution in [0, 0.1) is 6.92 Å². The fourth-order valence-electron chi connectivity index (χ4n) is 1.60. The second-order valence-corrected chi connectivity index (χ2v) is 3.52. The predicted octanol–water partition coefficient (Wildman–Crippen LogP) is 2.63. The molecule has 0 saturated carbocycles. The summed E-state index contributed by atoms with van der Waals surface area (Å²) in [5, 5.41) is 3.66. The normalized spacial score (nSPS) is 10.4. The Balaban J connectivity index is 2.38. The number of rotatable bonds is 3. The highest BCUT2D eigenvalue weighted by molar-refractivity contribution is 5.73. The minimum Gasteiger partial charge on any atom is -0.494 e. The van der Waals surface area contributed by atoms with E-state index in [1.807, 2.05) is 32.0 Å². The van der Waals surface area contributed by atoms with Gasteiger partial charge in [0.2, 0.25) is 5.88 Å². The Morgan fingerprint density at radius 3 is 2.81 bits per heavy atom. The molecule has 1 heterocycles. The predicted molar refractivity (Wildman–Crippen MR) is 62.3 cm³/mol. The molecule has 2 aromatic rings. The standard InChI is InChI=1S/C12H14N2O2/c1-3-15-11-5-4-9(6-8(11)2)10-7-14-16-12(10)13/h4-7H,3,13H2,1-2H3. The SMILES string of the molecule is CCOc1ccc(-c2cnoc2N)cc1C. The van der Waals surface area contributed by atoms with E-state index in [0.29, 0.717) is 12.5 Å². The van der Waals surface area contributed by atoms with Crippen molar-refractivity contribution in [2.24, 2.45) is 0 Å². The maximum atomic E-state index is 5.66. The summed E-state index contributed by atoms with van der Waals surface area (Å²) in [6.45, 7) is 4.62. The molecule has 2 N–H and O–H groups in total. The molecule has 1 aromatic carbocycles. The average Bonchev–Trinajstić information content (AvgIpc) is 2.68. The molecular formula is C12H14N2O2. The zero-order chi connectivity index (χ0) is 11.5. The maximum Gasteiger partial charge on any atom is 0.229 e. The number of nitrogen functional groups attached to an aromatic ring is 1. The molecule has 2 rings (SSSR count). The van der Waals surface area contributed by atoms with Crippen molar-refractivity contribution >= 4 is 5.88 Å². The highest BCUT2D eigenvalue weighted by Gasteiger charge is 2.08. The van der Waals surface area contributed by atoms with E-state index in [9.17, 15) is 0 Å². The zero-order valence-electron chi connectivity index (χ0n) is 9.36. The number of benzene rings is 1. The van der Waals surface area contributed by atoms with Crippen molar-refractivity contribution in [3.63, 3.8) is 0 Å². The number of hydrogen-bond acceptors (Lipinski definition) is 4. The van der Waals surface area contributed by atoms with Crippen LogP contribution in [0.3, 0.4) is 0 Å². The largest absolute Gasteiger partial charge is 0.494 e. The van der Waals surface area contributed by atoms with E-state index < -0.39 is 0 Å². The van der Waals surface area contributed by atoms with Crippen molar-refractivity contribution < 1.29 is 9.26 Å².